The third-order valence-corrected chi connectivity index (χ3v) is 5.83. The molecule has 1 atom stereocenters. The van der Waals surface area contributed by atoms with Crippen LogP contribution in [-0.2, 0) is 11.8 Å². The highest BCUT2D eigenvalue weighted by atomic mass is 15.0. The van der Waals surface area contributed by atoms with E-state index in [2.05, 4.69) is 43.4 Å². The molecule has 1 saturated carbocycles. The predicted molar refractivity (Wildman–Crippen MR) is 90.8 cm³/mol. The molecular weight excluding hydrogens is 254 g/mol. The van der Waals surface area contributed by atoms with Gasteiger partial charge in [-0.05, 0) is 55.6 Å². The van der Waals surface area contributed by atoms with Crippen LogP contribution < -0.4 is 5.32 Å². The minimum Gasteiger partial charge on any atom is -0.313 e. The Hall–Kier alpha value is -0.820. The van der Waals surface area contributed by atoms with Gasteiger partial charge in [-0.2, -0.15) is 0 Å². The molecule has 1 heteroatoms. The van der Waals surface area contributed by atoms with Crippen LogP contribution in [0, 0.1) is 5.92 Å². The first-order valence-electron chi connectivity index (χ1n) is 9.09. The molecule has 21 heavy (non-hydrogen) atoms. The minimum atomic E-state index is 0.397. The number of fused-ring (bicyclic) bond motifs is 1. The van der Waals surface area contributed by atoms with Crippen LogP contribution >= 0.6 is 0 Å². The zero-order chi connectivity index (χ0) is 14.7. The van der Waals surface area contributed by atoms with Gasteiger partial charge in [0.2, 0.25) is 0 Å². The molecule has 1 aromatic carbocycles. The Labute approximate surface area is 130 Å². The first kappa shape index (κ1) is 15.1. The maximum atomic E-state index is 3.86. The highest BCUT2D eigenvalue weighted by Gasteiger charge is 2.38. The zero-order valence-electron chi connectivity index (χ0n) is 13.8. The van der Waals surface area contributed by atoms with Gasteiger partial charge < -0.3 is 5.32 Å². The van der Waals surface area contributed by atoms with E-state index in [1.165, 1.54) is 57.9 Å². The average molecular weight is 285 g/mol. The highest BCUT2D eigenvalue weighted by molar-refractivity contribution is 5.37. The van der Waals surface area contributed by atoms with Crippen LogP contribution in [0.15, 0.2) is 24.3 Å². The summed E-state index contributed by atoms with van der Waals surface area (Å²) in [5.41, 5.74) is 3.68. The number of rotatable bonds is 7. The summed E-state index contributed by atoms with van der Waals surface area (Å²) in [6.07, 6.45) is 10.8. The summed E-state index contributed by atoms with van der Waals surface area (Å²) >= 11 is 0. The number of hydrogen-bond donors (Lipinski definition) is 1. The van der Waals surface area contributed by atoms with Gasteiger partial charge in [-0.15, -0.1) is 0 Å². The summed E-state index contributed by atoms with van der Waals surface area (Å²) in [7, 11) is 0. The van der Waals surface area contributed by atoms with Crippen molar-refractivity contribution in [2.24, 2.45) is 5.92 Å². The van der Waals surface area contributed by atoms with E-state index in [1.807, 2.05) is 0 Å². The topological polar surface area (TPSA) is 12.0 Å². The predicted octanol–water partition coefficient (Wildman–Crippen LogP) is 4.84. The lowest BCUT2D eigenvalue weighted by Gasteiger charge is -2.42. The summed E-state index contributed by atoms with van der Waals surface area (Å²) in [6.45, 7) is 5.93. The fourth-order valence-electron chi connectivity index (χ4n) is 4.23. The molecule has 0 aliphatic heterocycles. The van der Waals surface area contributed by atoms with Crippen molar-refractivity contribution < 1.29 is 0 Å². The number of aryl methyl sites for hydroxylation is 1. The smallest absolute Gasteiger partial charge is 0.00833 e. The van der Waals surface area contributed by atoms with Gasteiger partial charge in [-0.3, -0.25) is 0 Å². The Morgan fingerprint density at radius 3 is 2.67 bits per heavy atom. The van der Waals surface area contributed by atoms with Crippen molar-refractivity contribution in [3.8, 4) is 0 Å². The normalized spacial score (nSPS) is 25.1. The number of benzene rings is 1. The molecule has 0 heterocycles. The van der Waals surface area contributed by atoms with Gasteiger partial charge in [0.25, 0.3) is 0 Å². The molecule has 2 aliphatic rings. The first-order valence-corrected chi connectivity index (χ1v) is 9.09. The summed E-state index contributed by atoms with van der Waals surface area (Å²) < 4.78 is 0. The SMILES string of the molecule is CCC(CC)CC1(CNC2CC2)CCCc2ccccc21. The lowest BCUT2D eigenvalue weighted by atomic mass is 9.65. The number of hydrogen-bond acceptors (Lipinski definition) is 1. The van der Waals surface area contributed by atoms with Crippen molar-refractivity contribution >= 4 is 0 Å². The van der Waals surface area contributed by atoms with E-state index in [4.69, 9.17) is 0 Å². The zero-order valence-corrected chi connectivity index (χ0v) is 13.8. The molecule has 0 bridgehead atoms. The van der Waals surface area contributed by atoms with Gasteiger partial charge in [0.15, 0.2) is 0 Å². The van der Waals surface area contributed by atoms with Gasteiger partial charge in [0.1, 0.15) is 0 Å². The lowest BCUT2D eigenvalue weighted by molar-refractivity contribution is 0.255. The molecule has 0 amide bonds. The van der Waals surface area contributed by atoms with Crippen molar-refractivity contribution in [1.82, 2.24) is 5.32 Å². The second-order valence-corrected chi connectivity index (χ2v) is 7.33. The van der Waals surface area contributed by atoms with Crippen LogP contribution in [0.1, 0.15) is 69.9 Å². The largest absolute Gasteiger partial charge is 0.313 e. The van der Waals surface area contributed by atoms with Crippen molar-refractivity contribution in [1.29, 1.82) is 0 Å². The van der Waals surface area contributed by atoms with E-state index in [1.54, 1.807) is 11.1 Å². The third kappa shape index (κ3) is 3.34. The Balaban J connectivity index is 1.87. The highest BCUT2D eigenvalue weighted by Crippen LogP contribution is 2.43. The molecule has 2 aliphatic carbocycles. The van der Waals surface area contributed by atoms with Crippen molar-refractivity contribution in [3.63, 3.8) is 0 Å². The molecule has 0 radical (unpaired) electrons. The molecule has 1 fully saturated rings. The van der Waals surface area contributed by atoms with Gasteiger partial charge in [-0.25, -0.2) is 0 Å². The minimum absolute atomic E-state index is 0.397. The standard InChI is InChI=1S/C20H31N/c1-3-16(4-2)14-20(15-21-18-11-12-18)13-7-9-17-8-5-6-10-19(17)20/h5-6,8,10,16,18,21H,3-4,7,9,11-15H2,1-2H3. The maximum absolute atomic E-state index is 3.86. The van der Waals surface area contributed by atoms with E-state index in [-0.39, 0.29) is 0 Å². The van der Waals surface area contributed by atoms with E-state index < -0.39 is 0 Å². The van der Waals surface area contributed by atoms with Crippen LogP contribution in [0.5, 0.6) is 0 Å². The first-order chi connectivity index (χ1) is 10.3. The van der Waals surface area contributed by atoms with Gasteiger partial charge >= 0.3 is 0 Å². The fraction of sp³-hybridized carbons (Fsp3) is 0.700. The van der Waals surface area contributed by atoms with Crippen molar-refractivity contribution in [3.05, 3.63) is 35.4 Å². The molecule has 1 N–H and O–H groups in total. The average Bonchev–Trinajstić information content (AvgIpc) is 3.35. The Kier molecular flexibility index (Phi) is 4.69. The summed E-state index contributed by atoms with van der Waals surface area (Å²) in [5, 5.41) is 3.86. The van der Waals surface area contributed by atoms with Crippen LogP contribution in [0.2, 0.25) is 0 Å². The Bertz CT molecular complexity index is 459. The molecule has 1 nitrogen and oxygen atoms in total. The van der Waals surface area contributed by atoms with Gasteiger partial charge in [0, 0.05) is 18.0 Å². The summed E-state index contributed by atoms with van der Waals surface area (Å²) in [6, 6.07) is 10.1. The third-order valence-electron chi connectivity index (χ3n) is 5.83. The molecule has 0 aromatic heterocycles. The van der Waals surface area contributed by atoms with E-state index in [0.29, 0.717) is 5.41 Å². The quantitative estimate of drug-likeness (QED) is 0.756. The van der Waals surface area contributed by atoms with E-state index >= 15 is 0 Å². The Morgan fingerprint density at radius 2 is 1.95 bits per heavy atom. The van der Waals surface area contributed by atoms with E-state index in [9.17, 15) is 0 Å². The fourth-order valence-corrected chi connectivity index (χ4v) is 4.23. The van der Waals surface area contributed by atoms with Crippen LogP contribution in [0.25, 0.3) is 0 Å². The molecule has 1 unspecified atom stereocenters. The van der Waals surface area contributed by atoms with Crippen molar-refractivity contribution in [2.75, 3.05) is 6.54 Å². The summed E-state index contributed by atoms with van der Waals surface area (Å²) in [5.74, 6) is 0.872. The maximum Gasteiger partial charge on any atom is 0.00833 e. The monoisotopic (exact) mass is 285 g/mol. The number of nitrogens with one attached hydrogen (secondary N) is 1. The lowest BCUT2D eigenvalue weighted by Crippen LogP contribution is -2.43. The summed E-state index contributed by atoms with van der Waals surface area (Å²) in [4.78, 5) is 0. The van der Waals surface area contributed by atoms with Gasteiger partial charge in [0.05, 0.1) is 0 Å². The Morgan fingerprint density at radius 1 is 1.19 bits per heavy atom. The van der Waals surface area contributed by atoms with E-state index in [0.717, 1.165) is 12.0 Å². The molecule has 0 spiro atoms. The molecule has 116 valence electrons. The van der Waals surface area contributed by atoms with Gasteiger partial charge in [-0.1, -0.05) is 51.0 Å². The van der Waals surface area contributed by atoms with Crippen LogP contribution in [-0.4, -0.2) is 12.6 Å². The second kappa shape index (κ2) is 6.52. The molecule has 3 rings (SSSR count). The van der Waals surface area contributed by atoms with Crippen LogP contribution in [0.4, 0.5) is 0 Å². The van der Waals surface area contributed by atoms with Crippen LogP contribution in [0.3, 0.4) is 0 Å². The van der Waals surface area contributed by atoms with Crippen molar-refractivity contribution in [2.45, 2.75) is 76.7 Å². The molecular formula is C20H31N. The second-order valence-electron chi connectivity index (χ2n) is 7.33. The molecule has 1 aromatic rings. The molecule has 0 saturated heterocycles.